The van der Waals surface area contributed by atoms with Crippen molar-refractivity contribution in [3.05, 3.63) is 52.0 Å². The molecule has 1 aliphatic heterocycles. The summed E-state index contributed by atoms with van der Waals surface area (Å²) in [4.78, 5) is 2.65. The van der Waals surface area contributed by atoms with E-state index in [9.17, 15) is 0 Å². The van der Waals surface area contributed by atoms with Gasteiger partial charge in [0.15, 0.2) is 0 Å². The molecule has 0 bridgehead atoms. The van der Waals surface area contributed by atoms with Gasteiger partial charge in [-0.2, -0.15) is 0 Å². The molecule has 0 fully saturated rings. The molecule has 1 heterocycles. The Morgan fingerprint density at radius 1 is 1.12 bits per heavy atom. The Balaban J connectivity index is 2.13. The first kappa shape index (κ1) is 10.2. The van der Waals surface area contributed by atoms with E-state index in [4.69, 9.17) is 5.73 Å². The van der Waals surface area contributed by atoms with Gasteiger partial charge in [0.2, 0.25) is 0 Å². The quantitative estimate of drug-likeness (QED) is 0.632. The van der Waals surface area contributed by atoms with Crippen molar-refractivity contribution in [3.63, 3.8) is 0 Å². The van der Waals surface area contributed by atoms with Gasteiger partial charge >= 0.3 is 0 Å². The van der Waals surface area contributed by atoms with Gasteiger partial charge in [-0.3, -0.25) is 0 Å². The van der Waals surface area contributed by atoms with Gasteiger partial charge in [-0.15, -0.1) is 0 Å². The molecule has 0 spiro atoms. The third-order valence-electron chi connectivity index (χ3n) is 2.73. The Hall–Kier alpha value is -0.930. The molecule has 0 amide bonds. The van der Waals surface area contributed by atoms with E-state index in [2.05, 4.69) is 46.3 Å². The lowest BCUT2D eigenvalue weighted by Gasteiger charge is -2.20. The van der Waals surface area contributed by atoms with Crippen LogP contribution in [-0.2, 0) is 6.42 Å². The summed E-state index contributed by atoms with van der Waals surface area (Å²) in [5.74, 6) is 0. The van der Waals surface area contributed by atoms with Crippen LogP contribution in [0.4, 0.5) is 5.69 Å². The van der Waals surface area contributed by atoms with Crippen LogP contribution >= 0.6 is 27.7 Å². The Morgan fingerprint density at radius 2 is 2.00 bits per heavy atom. The monoisotopic (exact) mass is 291 g/mol. The summed E-state index contributed by atoms with van der Waals surface area (Å²) < 4.78 is 1.18. The van der Waals surface area contributed by atoms with Crippen LogP contribution in [0.25, 0.3) is 0 Å². The minimum absolute atomic E-state index is 0.845. The maximum Gasteiger partial charge on any atom is 0.0317 e. The number of nitrogen functional groups attached to an aromatic ring is 1. The van der Waals surface area contributed by atoms with Gasteiger partial charge in [-0.1, -0.05) is 23.9 Å². The van der Waals surface area contributed by atoms with E-state index in [0.717, 1.165) is 12.1 Å². The Labute approximate surface area is 107 Å². The topological polar surface area (TPSA) is 26.0 Å². The minimum Gasteiger partial charge on any atom is -0.399 e. The summed E-state index contributed by atoms with van der Waals surface area (Å²) >= 11 is 5.42. The highest BCUT2D eigenvalue weighted by Gasteiger charge is 2.17. The van der Waals surface area contributed by atoms with Gasteiger partial charge in [0.1, 0.15) is 0 Å². The van der Waals surface area contributed by atoms with Gasteiger partial charge in [0, 0.05) is 20.0 Å². The first-order chi connectivity index (χ1) is 7.74. The summed E-state index contributed by atoms with van der Waals surface area (Å²) in [5, 5.41) is 0. The minimum atomic E-state index is 0.845. The van der Waals surface area contributed by atoms with Crippen LogP contribution in [0.1, 0.15) is 11.1 Å². The average molecular weight is 292 g/mol. The van der Waals surface area contributed by atoms with Gasteiger partial charge in [-0.25, -0.2) is 0 Å². The zero-order chi connectivity index (χ0) is 11.1. The summed E-state index contributed by atoms with van der Waals surface area (Å²) in [6, 6.07) is 12.5. The van der Waals surface area contributed by atoms with Crippen LogP contribution in [0.15, 0.2) is 50.7 Å². The van der Waals surface area contributed by atoms with E-state index >= 15 is 0 Å². The third kappa shape index (κ3) is 1.64. The highest BCUT2D eigenvalue weighted by atomic mass is 79.9. The van der Waals surface area contributed by atoms with E-state index in [-0.39, 0.29) is 0 Å². The van der Waals surface area contributed by atoms with Crippen molar-refractivity contribution in [1.82, 2.24) is 0 Å². The van der Waals surface area contributed by atoms with Crippen molar-refractivity contribution in [2.75, 3.05) is 5.73 Å². The van der Waals surface area contributed by atoms with E-state index in [1.54, 1.807) is 0 Å². The molecule has 0 radical (unpaired) electrons. The SMILES string of the molecule is Nc1ccc2c(c1)Cc1cccc(Br)c1S2. The first-order valence-corrected chi connectivity index (χ1v) is 6.68. The van der Waals surface area contributed by atoms with Crippen molar-refractivity contribution in [2.24, 2.45) is 0 Å². The molecule has 3 heteroatoms. The van der Waals surface area contributed by atoms with Crippen LogP contribution in [-0.4, -0.2) is 0 Å². The second-order valence-electron chi connectivity index (χ2n) is 3.87. The molecule has 0 atom stereocenters. The highest BCUT2D eigenvalue weighted by Crippen LogP contribution is 2.43. The molecule has 0 unspecified atom stereocenters. The van der Waals surface area contributed by atoms with Crippen molar-refractivity contribution in [3.8, 4) is 0 Å². The molecular weight excluding hydrogens is 282 g/mol. The van der Waals surface area contributed by atoms with Gasteiger partial charge in [0.25, 0.3) is 0 Å². The molecule has 0 saturated carbocycles. The van der Waals surface area contributed by atoms with E-state index in [0.29, 0.717) is 0 Å². The number of halogens is 1. The first-order valence-electron chi connectivity index (χ1n) is 5.08. The predicted molar refractivity (Wildman–Crippen MR) is 71.9 cm³/mol. The lowest BCUT2D eigenvalue weighted by atomic mass is 10.0. The standard InChI is InChI=1S/C13H10BrNS/c14-11-3-1-2-8-6-9-7-10(15)4-5-12(9)16-13(8)11/h1-5,7H,6,15H2. The predicted octanol–water partition coefficient (Wildman–Crippen LogP) is 4.09. The number of hydrogen-bond acceptors (Lipinski definition) is 2. The molecule has 2 N–H and O–H groups in total. The summed E-state index contributed by atoms with van der Waals surface area (Å²) in [6.07, 6.45) is 0.974. The third-order valence-corrected chi connectivity index (χ3v) is 4.95. The normalized spacial score (nSPS) is 13.1. The smallest absolute Gasteiger partial charge is 0.0317 e. The second-order valence-corrected chi connectivity index (χ2v) is 5.78. The molecule has 1 nitrogen and oxygen atoms in total. The Morgan fingerprint density at radius 3 is 2.88 bits per heavy atom. The van der Waals surface area contributed by atoms with Crippen LogP contribution in [0.3, 0.4) is 0 Å². The maximum atomic E-state index is 5.81. The molecular formula is C13H10BrNS. The van der Waals surface area contributed by atoms with Gasteiger partial charge in [-0.05, 0) is 57.7 Å². The Bertz CT molecular complexity index is 566. The molecule has 0 aromatic heterocycles. The second kappa shape index (κ2) is 3.82. The zero-order valence-electron chi connectivity index (χ0n) is 8.53. The fourth-order valence-electron chi connectivity index (χ4n) is 1.96. The average Bonchev–Trinajstić information content (AvgIpc) is 2.27. The van der Waals surface area contributed by atoms with Crippen molar-refractivity contribution in [2.45, 2.75) is 16.2 Å². The summed E-state index contributed by atoms with van der Waals surface area (Å²) in [7, 11) is 0. The van der Waals surface area contributed by atoms with E-state index < -0.39 is 0 Å². The van der Waals surface area contributed by atoms with Gasteiger partial charge in [0.05, 0.1) is 0 Å². The number of anilines is 1. The zero-order valence-corrected chi connectivity index (χ0v) is 10.9. The van der Waals surface area contributed by atoms with Gasteiger partial charge < -0.3 is 5.73 Å². The molecule has 2 aromatic carbocycles. The Kier molecular flexibility index (Phi) is 2.45. The largest absolute Gasteiger partial charge is 0.399 e. The van der Waals surface area contributed by atoms with Crippen LogP contribution in [0, 0.1) is 0 Å². The van der Waals surface area contributed by atoms with E-state index in [1.807, 2.05) is 17.8 Å². The van der Waals surface area contributed by atoms with Crippen LogP contribution in [0.2, 0.25) is 0 Å². The fraction of sp³-hybridized carbons (Fsp3) is 0.0769. The molecule has 0 aliphatic carbocycles. The lowest BCUT2D eigenvalue weighted by molar-refractivity contribution is 1.05. The summed E-state index contributed by atoms with van der Waals surface area (Å²) in [5.41, 5.74) is 9.36. The lowest BCUT2D eigenvalue weighted by Crippen LogP contribution is -2.01. The van der Waals surface area contributed by atoms with Crippen molar-refractivity contribution < 1.29 is 0 Å². The molecule has 1 aliphatic rings. The summed E-state index contributed by atoms with van der Waals surface area (Å²) in [6.45, 7) is 0. The number of fused-ring (bicyclic) bond motifs is 2. The highest BCUT2D eigenvalue weighted by molar-refractivity contribution is 9.10. The van der Waals surface area contributed by atoms with Crippen molar-refractivity contribution >= 4 is 33.4 Å². The molecule has 3 rings (SSSR count). The number of benzene rings is 2. The maximum absolute atomic E-state index is 5.81. The fourth-order valence-corrected chi connectivity index (χ4v) is 3.66. The van der Waals surface area contributed by atoms with E-state index in [1.165, 1.54) is 25.4 Å². The number of hydrogen-bond donors (Lipinski definition) is 1. The number of nitrogens with two attached hydrogens (primary N) is 1. The van der Waals surface area contributed by atoms with Crippen LogP contribution < -0.4 is 5.73 Å². The van der Waals surface area contributed by atoms with Crippen molar-refractivity contribution in [1.29, 1.82) is 0 Å². The number of rotatable bonds is 0. The molecule has 80 valence electrons. The van der Waals surface area contributed by atoms with Crippen LogP contribution in [0.5, 0.6) is 0 Å². The molecule has 16 heavy (non-hydrogen) atoms. The molecule has 2 aromatic rings. The molecule has 0 saturated heterocycles.